The third-order valence-corrected chi connectivity index (χ3v) is 5.87. The number of nitriles is 1. The van der Waals surface area contributed by atoms with E-state index in [1.807, 2.05) is 42.2 Å². The molecule has 0 saturated carbocycles. The van der Waals surface area contributed by atoms with Gasteiger partial charge < -0.3 is 14.9 Å². The van der Waals surface area contributed by atoms with Crippen LogP contribution in [0.5, 0.6) is 5.75 Å². The van der Waals surface area contributed by atoms with Gasteiger partial charge in [0.1, 0.15) is 17.6 Å². The molecule has 1 saturated heterocycles. The Balaban J connectivity index is 1.48. The largest absolute Gasteiger partial charge is 0.508 e. The second-order valence-electron chi connectivity index (χ2n) is 7.76. The van der Waals surface area contributed by atoms with Gasteiger partial charge in [0.25, 0.3) is 5.91 Å². The van der Waals surface area contributed by atoms with Crippen molar-refractivity contribution in [3.8, 4) is 11.8 Å². The van der Waals surface area contributed by atoms with Gasteiger partial charge in [-0.1, -0.05) is 12.1 Å². The van der Waals surface area contributed by atoms with Gasteiger partial charge in [-0.25, -0.2) is 4.98 Å². The third kappa shape index (κ3) is 3.13. The second kappa shape index (κ2) is 7.33. The molecule has 0 bridgehead atoms. The number of hydrogen-bond acceptors (Lipinski definition) is 5. The van der Waals surface area contributed by atoms with Crippen LogP contribution in [0.15, 0.2) is 54.6 Å². The number of anilines is 1. The van der Waals surface area contributed by atoms with Crippen molar-refractivity contribution < 1.29 is 9.90 Å². The zero-order valence-corrected chi connectivity index (χ0v) is 17.1. The minimum atomic E-state index is -0.0334. The standard InChI is InChI=1S/C24H21N5O2/c1-16-14-22(29-21-5-3-2-4-20(21)26-23(29)19(16)15-25)27-10-12-28(13-11-27)24(31)17-6-8-18(30)9-7-17/h2-9,14,30H,10-13H2,1H3. The molecule has 5 rings (SSSR count). The number of pyridine rings is 1. The summed E-state index contributed by atoms with van der Waals surface area (Å²) in [5.74, 6) is 1.10. The SMILES string of the molecule is Cc1cc(N2CCN(C(=O)c3ccc(O)cc3)CC2)n2c(nc3ccccc32)c1C#N. The number of amides is 1. The molecule has 154 valence electrons. The Morgan fingerprint density at radius 2 is 1.77 bits per heavy atom. The van der Waals surface area contributed by atoms with Crippen molar-refractivity contribution >= 4 is 28.4 Å². The first kappa shape index (κ1) is 18.9. The van der Waals surface area contributed by atoms with Gasteiger partial charge in [0.2, 0.25) is 0 Å². The Kier molecular flexibility index (Phi) is 4.48. The number of nitrogens with zero attached hydrogens (tertiary/aromatic N) is 5. The summed E-state index contributed by atoms with van der Waals surface area (Å²) in [7, 11) is 0. The quantitative estimate of drug-likeness (QED) is 0.547. The number of phenols is 1. The zero-order chi connectivity index (χ0) is 21.5. The van der Waals surface area contributed by atoms with Gasteiger partial charge in [0, 0.05) is 31.7 Å². The lowest BCUT2D eigenvalue weighted by Crippen LogP contribution is -2.49. The molecule has 0 atom stereocenters. The molecule has 31 heavy (non-hydrogen) atoms. The Morgan fingerprint density at radius 3 is 2.48 bits per heavy atom. The Morgan fingerprint density at radius 1 is 1.06 bits per heavy atom. The summed E-state index contributed by atoms with van der Waals surface area (Å²) in [6.45, 7) is 4.47. The molecule has 1 aliphatic heterocycles. The summed E-state index contributed by atoms with van der Waals surface area (Å²) in [5.41, 5.74) is 4.53. The number of carbonyl (C=O) groups excluding carboxylic acids is 1. The predicted octanol–water partition coefficient (Wildman–Crippen LogP) is 3.34. The minimum Gasteiger partial charge on any atom is -0.508 e. The summed E-state index contributed by atoms with van der Waals surface area (Å²) in [5, 5.41) is 19.1. The zero-order valence-electron chi connectivity index (χ0n) is 17.1. The maximum atomic E-state index is 12.8. The van der Waals surface area contributed by atoms with Gasteiger partial charge in [-0.15, -0.1) is 0 Å². The van der Waals surface area contributed by atoms with Crippen molar-refractivity contribution in [2.24, 2.45) is 0 Å². The number of fused-ring (bicyclic) bond motifs is 3. The first-order valence-electron chi connectivity index (χ1n) is 10.2. The lowest BCUT2D eigenvalue weighted by molar-refractivity contribution is 0.0746. The molecule has 2 aromatic carbocycles. The van der Waals surface area contributed by atoms with Crippen molar-refractivity contribution in [3.05, 3.63) is 71.3 Å². The molecule has 0 radical (unpaired) electrons. The summed E-state index contributed by atoms with van der Waals surface area (Å²) < 4.78 is 2.05. The van der Waals surface area contributed by atoms with Crippen LogP contribution in [-0.2, 0) is 0 Å². The summed E-state index contributed by atoms with van der Waals surface area (Å²) in [6.07, 6.45) is 0. The number of aromatic hydroxyl groups is 1. The minimum absolute atomic E-state index is 0.0334. The normalized spacial score (nSPS) is 14.2. The number of imidazole rings is 1. The fraction of sp³-hybridized carbons (Fsp3) is 0.208. The second-order valence-corrected chi connectivity index (χ2v) is 7.76. The number of phenolic OH excluding ortho intramolecular Hbond substituents is 1. The molecular weight excluding hydrogens is 390 g/mol. The molecule has 4 aromatic rings. The van der Waals surface area contributed by atoms with Crippen LogP contribution in [0.1, 0.15) is 21.5 Å². The maximum Gasteiger partial charge on any atom is 0.253 e. The number of aromatic nitrogens is 2. The molecular formula is C24H21N5O2. The molecule has 1 N–H and O–H groups in total. The van der Waals surface area contributed by atoms with Crippen molar-refractivity contribution in [2.75, 3.05) is 31.1 Å². The van der Waals surface area contributed by atoms with Gasteiger partial charge in [0.15, 0.2) is 5.65 Å². The van der Waals surface area contributed by atoms with Crippen LogP contribution < -0.4 is 4.90 Å². The molecule has 0 unspecified atom stereocenters. The van der Waals surface area contributed by atoms with E-state index in [0.29, 0.717) is 43.0 Å². The Labute approximate surface area is 179 Å². The molecule has 1 aliphatic rings. The lowest BCUT2D eigenvalue weighted by atomic mass is 10.1. The van der Waals surface area contributed by atoms with Crippen LogP contribution >= 0.6 is 0 Å². The van der Waals surface area contributed by atoms with E-state index in [1.54, 1.807) is 12.1 Å². The van der Waals surface area contributed by atoms with E-state index in [4.69, 9.17) is 4.98 Å². The predicted molar refractivity (Wildman–Crippen MR) is 118 cm³/mol. The maximum absolute atomic E-state index is 12.8. The van der Waals surface area contributed by atoms with Crippen molar-refractivity contribution in [3.63, 3.8) is 0 Å². The lowest BCUT2D eigenvalue weighted by Gasteiger charge is -2.36. The van der Waals surface area contributed by atoms with E-state index < -0.39 is 0 Å². The highest BCUT2D eigenvalue weighted by Gasteiger charge is 2.25. The summed E-state index contributed by atoms with van der Waals surface area (Å²) >= 11 is 0. The topological polar surface area (TPSA) is 84.9 Å². The van der Waals surface area contributed by atoms with E-state index in [-0.39, 0.29) is 11.7 Å². The monoisotopic (exact) mass is 411 g/mol. The number of para-hydroxylation sites is 2. The number of rotatable bonds is 2. The van der Waals surface area contributed by atoms with Gasteiger partial charge in [-0.3, -0.25) is 9.20 Å². The molecule has 0 spiro atoms. The van der Waals surface area contributed by atoms with Crippen LogP contribution in [0.4, 0.5) is 5.82 Å². The van der Waals surface area contributed by atoms with Gasteiger partial charge in [-0.2, -0.15) is 5.26 Å². The molecule has 1 fully saturated rings. The van der Waals surface area contributed by atoms with E-state index >= 15 is 0 Å². The van der Waals surface area contributed by atoms with Crippen LogP contribution in [0, 0.1) is 18.3 Å². The fourth-order valence-corrected chi connectivity index (χ4v) is 4.23. The summed E-state index contributed by atoms with van der Waals surface area (Å²) in [4.78, 5) is 21.6. The van der Waals surface area contributed by atoms with Gasteiger partial charge in [-0.05, 0) is 55.0 Å². The van der Waals surface area contributed by atoms with Crippen LogP contribution in [0.2, 0.25) is 0 Å². The molecule has 7 heteroatoms. The fourth-order valence-electron chi connectivity index (χ4n) is 4.23. The first-order chi connectivity index (χ1) is 15.1. The van der Waals surface area contributed by atoms with Gasteiger partial charge in [0.05, 0.1) is 16.6 Å². The Hall–Kier alpha value is -4.05. The van der Waals surface area contributed by atoms with Crippen molar-refractivity contribution in [1.29, 1.82) is 5.26 Å². The van der Waals surface area contributed by atoms with E-state index in [0.717, 1.165) is 22.4 Å². The highest BCUT2D eigenvalue weighted by molar-refractivity contribution is 5.94. The number of carbonyl (C=O) groups is 1. The Bertz CT molecular complexity index is 1340. The van der Waals surface area contributed by atoms with E-state index in [9.17, 15) is 15.2 Å². The molecule has 0 aliphatic carbocycles. The first-order valence-corrected chi connectivity index (χ1v) is 10.2. The molecule has 3 heterocycles. The number of aryl methyl sites for hydroxylation is 1. The number of piperazine rings is 1. The molecule has 2 aromatic heterocycles. The van der Waals surface area contributed by atoms with Crippen LogP contribution in [0.25, 0.3) is 16.7 Å². The van der Waals surface area contributed by atoms with Crippen molar-refractivity contribution in [2.45, 2.75) is 6.92 Å². The van der Waals surface area contributed by atoms with E-state index in [2.05, 4.69) is 15.4 Å². The highest BCUT2D eigenvalue weighted by Crippen LogP contribution is 2.29. The highest BCUT2D eigenvalue weighted by atomic mass is 16.3. The van der Waals surface area contributed by atoms with Crippen molar-refractivity contribution in [1.82, 2.24) is 14.3 Å². The van der Waals surface area contributed by atoms with Crippen LogP contribution in [-0.4, -0.2) is 51.5 Å². The average Bonchev–Trinajstić information content (AvgIpc) is 3.18. The average molecular weight is 411 g/mol. The number of benzene rings is 2. The van der Waals surface area contributed by atoms with E-state index in [1.165, 1.54) is 12.1 Å². The molecule has 7 nitrogen and oxygen atoms in total. The van der Waals surface area contributed by atoms with Gasteiger partial charge >= 0.3 is 0 Å². The summed E-state index contributed by atoms with van der Waals surface area (Å²) in [6, 6.07) is 18.6. The molecule has 1 amide bonds. The van der Waals surface area contributed by atoms with Crippen LogP contribution in [0.3, 0.4) is 0 Å². The number of hydrogen-bond donors (Lipinski definition) is 1. The third-order valence-electron chi connectivity index (χ3n) is 5.87. The smallest absolute Gasteiger partial charge is 0.253 e.